The summed E-state index contributed by atoms with van der Waals surface area (Å²) in [6.07, 6.45) is 3.54. The van der Waals surface area contributed by atoms with Gasteiger partial charge in [-0.15, -0.1) is 0 Å². The van der Waals surface area contributed by atoms with Gasteiger partial charge < -0.3 is 5.32 Å². The van der Waals surface area contributed by atoms with Crippen molar-refractivity contribution in [2.75, 3.05) is 11.9 Å². The molecule has 0 radical (unpaired) electrons. The SMILES string of the molecule is CCNc1nc(-c2cncc(Br)c2)nc(C)c1C(C)C. The van der Waals surface area contributed by atoms with Gasteiger partial charge in [0.1, 0.15) is 5.82 Å². The maximum Gasteiger partial charge on any atom is 0.163 e. The van der Waals surface area contributed by atoms with Crippen LogP contribution in [0, 0.1) is 6.92 Å². The molecule has 0 aromatic carbocycles. The van der Waals surface area contributed by atoms with Gasteiger partial charge in [0.2, 0.25) is 0 Å². The molecule has 0 bridgehead atoms. The van der Waals surface area contributed by atoms with Crippen molar-refractivity contribution >= 4 is 21.7 Å². The monoisotopic (exact) mass is 334 g/mol. The third-order valence-electron chi connectivity index (χ3n) is 3.02. The summed E-state index contributed by atoms with van der Waals surface area (Å²) in [5, 5.41) is 3.34. The quantitative estimate of drug-likeness (QED) is 0.911. The van der Waals surface area contributed by atoms with Gasteiger partial charge in [-0.05, 0) is 41.8 Å². The van der Waals surface area contributed by atoms with Crippen molar-refractivity contribution in [2.24, 2.45) is 0 Å². The van der Waals surface area contributed by atoms with E-state index in [2.05, 4.69) is 57.0 Å². The number of anilines is 1. The number of pyridine rings is 1. The van der Waals surface area contributed by atoms with Crippen molar-refractivity contribution in [1.82, 2.24) is 15.0 Å². The zero-order valence-electron chi connectivity index (χ0n) is 12.2. The highest BCUT2D eigenvalue weighted by molar-refractivity contribution is 9.10. The summed E-state index contributed by atoms with van der Waals surface area (Å²) in [4.78, 5) is 13.5. The lowest BCUT2D eigenvalue weighted by atomic mass is 10.0. The predicted molar refractivity (Wildman–Crippen MR) is 86.0 cm³/mol. The molecule has 2 aromatic heterocycles. The van der Waals surface area contributed by atoms with Crippen LogP contribution in [0.15, 0.2) is 22.9 Å². The Hall–Kier alpha value is -1.49. The third-order valence-corrected chi connectivity index (χ3v) is 3.45. The topological polar surface area (TPSA) is 50.7 Å². The van der Waals surface area contributed by atoms with Gasteiger partial charge >= 0.3 is 0 Å². The number of aryl methyl sites for hydroxylation is 1. The van der Waals surface area contributed by atoms with Crippen molar-refractivity contribution in [3.8, 4) is 11.4 Å². The van der Waals surface area contributed by atoms with Crippen molar-refractivity contribution < 1.29 is 0 Å². The van der Waals surface area contributed by atoms with Crippen LogP contribution in [0.2, 0.25) is 0 Å². The smallest absolute Gasteiger partial charge is 0.163 e. The Labute approximate surface area is 128 Å². The molecule has 106 valence electrons. The number of nitrogens with one attached hydrogen (secondary N) is 1. The van der Waals surface area contributed by atoms with Crippen LogP contribution in [-0.4, -0.2) is 21.5 Å². The Morgan fingerprint density at radius 1 is 1.25 bits per heavy atom. The summed E-state index contributed by atoms with van der Waals surface area (Å²) < 4.78 is 0.925. The van der Waals surface area contributed by atoms with Gasteiger partial charge in [-0.1, -0.05) is 13.8 Å². The first-order valence-corrected chi connectivity index (χ1v) is 7.55. The second kappa shape index (κ2) is 6.31. The Morgan fingerprint density at radius 2 is 2.00 bits per heavy atom. The van der Waals surface area contributed by atoms with Crippen molar-refractivity contribution in [3.63, 3.8) is 0 Å². The van der Waals surface area contributed by atoms with Gasteiger partial charge in [0.25, 0.3) is 0 Å². The average molecular weight is 335 g/mol. The van der Waals surface area contributed by atoms with Crippen LogP contribution in [0.3, 0.4) is 0 Å². The Morgan fingerprint density at radius 3 is 2.60 bits per heavy atom. The van der Waals surface area contributed by atoms with Crippen LogP contribution in [0.25, 0.3) is 11.4 Å². The molecule has 2 aromatic rings. The number of aromatic nitrogens is 3. The highest BCUT2D eigenvalue weighted by Gasteiger charge is 2.15. The molecule has 2 rings (SSSR count). The molecule has 5 heteroatoms. The van der Waals surface area contributed by atoms with Crippen molar-refractivity contribution in [1.29, 1.82) is 0 Å². The van der Waals surface area contributed by atoms with Crippen molar-refractivity contribution in [3.05, 3.63) is 34.2 Å². The second-order valence-electron chi connectivity index (χ2n) is 4.97. The van der Waals surface area contributed by atoms with E-state index in [0.717, 1.165) is 28.1 Å². The molecule has 0 fully saturated rings. The van der Waals surface area contributed by atoms with Gasteiger partial charge in [0.15, 0.2) is 5.82 Å². The fraction of sp³-hybridized carbons (Fsp3) is 0.400. The van der Waals surface area contributed by atoms with E-state index < -0.39 is 0 Å². The zero-order chi connectivity index (χ0) is 14.7. The van der Waals surface area contributed by atoms with E-state index >= 15 is 0 Å². The van der Waals surface area contributed by atoms with Crippen molar-refractivity contribution in [2.45, 2.75) is 33.6 Å². The molecule has 4 nitrogen and oxygen atoms in total. The molecule has 0 aliphatic rings. The molecular formula is C15H19BrN4. The van der Waals surface area contributed by atoms with Gasteiger partial charge in [-0.3, -0.25) is 4.98 Å². The molecule has 0 atom stereocenters. The Kier molecular flexibility index (Phi) is 4.70. The maximum atomic E-state index is 4.67. The minimum absolute atomic E-state index is 0.388. The summed E-state index contributed by atoms with van der Waals surface area (Å²) in [5.74, 6) is 2.01. The molecule has 0 aliphatic heterocycles. The molecule has 0 amide bonds. The minimum Gasteiger partial charge on any atom is -0.370 e. The van der Waals surface area contributed by atoms with Crippen LogP contribution in [0.5, 0.6) is 0 Å². The minimum atomic E-state index is 0.388. The molecule has 2 heterocycles. The maximum absolute atomic E-state index is 4.67. The molecule has 20 heavy (non-hydrogen) atoms. The van der Waals surface area contributed by atoms with Gasteiger partial charge in [-0.2, -0.15) is 0 Å². The molecule has 0 spiro atoms. The largest absolute Gasteiger partial charge is 0.370 e. The van der Waals surface area contributed by atoms with Crippen LogP contribution in [-0.2, 0) is 0 Å². The first kappa shape index (κ1) is 14.9. The van der Waals surface area contributed by atoms with E-state index in [1.807, 2.05) is 13.0 Å². The molecule has 0 aliphatic carbocycles. The number of nitrogens with zero attached hydrogens (tertiary/aromatic N) is 3. The molecule has 0 unspecified atom stereocenters. The molecule has 0 saturated heterocycles. The summed E-state index contributed by atoms with van der Waals surface area (Å²) in [7, 11) is 0. The third kappa shape index (κ3) is 3.15. The fourth-order valence-electron chi connectivity index (χ4n) is 2.24. The molecule has 0 saturated carbocycles. The van der Waals surface area contributed by atoms with E-state index in [9.17, 15) is 0 Å². The Bertz CT molecular complexity index is 611. The number of halogens is 1. The fourth-order valence-corrected chi connectivity index (χ4v) is 2.60. The van der Waals surface area contributed by atoms with E-state index in [4.69, 9.17) is 0 Å². The van der Waals surface area contributed by atoms with Gasteiger partial charge in [0.05, 0.1) is 0 Å². The Balaban J connectivity index is 2.56. The van der Waals surface area contributed by atoms with Crippen LogP contribution >= 0.6 is 15.9 Å². The van der Waals surface area contributed by atoms with E-state index in [-0.39, 0.29) is 0 Å². The standard InChI is InChI=1S/C15H19BrN4/c1-5-18-15-13(9(2)3)10(4)19-14(20-15)11-6-12(16)8-17-7-11/h6-9H,5H2,1-4H3,(H,18,19,20). The highest BCUT2D eigenvalue weighted by Crippen LogP contribution is 2.28. The number of hydrogen-bond acceptors (Lipinski definition) is 4. The number of rotatable bonds is 4. The zero-order valence-corrected chi connectivity index (χ0v) is 13.8. The van der Waals surface area contributed by atoms with E-state index in [0.29, 0.717) is 11.7 Å². The lowest BCUT2D eigenvalue weighted by molar-refractivity contribution is 0.831. The normalized spacial score (nSPS) is 10.9. The first-order valence-electron chi connectivity index (χ1n) is 6.76. The molecular weight excluding hydrogens is 316 g/mol. The summed E-state index contributed by atoms with van der Waals surface area (Å²) in [6.45, 7) is 9.26. The van der Waals surface area contributed by atoms with E-state index in [1.54, 1.807) is 12.4 Å². The van der Waals surface area contributed by atoms with Crippen LogP contribution < -0.4 is 5.32 Å². The summed E-state index contributed by atoms with van der Waals surface area (Å²) >= 11 is 3.43. The van der Waals surface area contributed by atoms with Crippen LogP contribution in [0.4, 0.5) is 5.82 Å². The summed E-state index contributed by atoms with van der Waals surface area (Å²) in [5.41, 5.74) is 3.11. The lowest BCUT2D eigenvalue weighted by Gasteiger charge is -2.16. The van der Waals surface area contributed by atoms with Crippen LogP contribution in [0.1, 0.15) is 37.9 Å². The summed E-state index contributed by atoms with van der Waals surface area (Å²) in [6, 6.07) is 1.98. The highest BCUT2D eigenvalue weighted by atomic mass is 79.9. The molecule has 1 N–H and O–H groups in total. The van der Waals surface area contributed by atoms with Gasteiger partial charge in [0, 0.05) is 40.2 Å². The predicted octanol–water partition coefficient (Wildman–Crippen LogP) is 4.16. The van der Waals surface area contributed by atoms with E-state index in [1.165, 1.54) is 5.56 Å². The number of hydrogen-bond donors (Lipinski definition) is 1. The lowest BCUT2D eigenvalue weighted by Crippen LogP contribution is -2.09. The average Bonchev–Trinajstić information content (AvgIpc) is 2.38. The first-order chi connectivity index (χ1) is 9.52. The van der Waals surface area contributed by atoms with Gasteiger partial charge in [-0.25, -0.2) is 9.97 Å². The second-order valence-corrected chi connectivity index (χ2v) is 5.89.